The minimum Gasteiger partial charge on any atom is -0.356 e. The Morgan fingerprint density at radius 3 is 0.854 bits per heavy atom. The normalized spacial score (nSPS) is 15.0. The lowest BCUT2D eigenvalue weighted by molar-refractivity contribution is 0.135. The second kappa shape index (κ2) is 30.8. The summed E-state index contributed by atoms with van der Waals surface area (Å²) in [6.07, 6.45) is 49.9. The van der Waals surface area contributed by atoms with Crippen molar-refractivity contribution in [2.75, 3.05) is 13.1 Å². The molecular formula is C39H78N2. The van der Waals surface area contributed by atoms with Crippen molar-refractivity contribution in [3.63, 3.8) is 0 Å². The highest BCUT2D eigenvalue weighted by atomic mass is 15.4. The molecule has 1 rings (SSSR count). The number of hydrogen-bond donors (Lipinski definition) is 0. The van der Waals surface area contributed by atoms with Gasteiger partial charge >= 0.3 is 0 Å². The lowest BCUT2D eigenvalue weighted by Gasteiger charge is -2.33. The van der Waals surface area contributed by atoms with Crippen LogP contribution in [-0.4, -0.2) is 29.1 Å². The van der Waals surface area contributed by atoms with Gasteiger partial charge in [-0.1, -0.05) is 194 Å². The second-order valence-electron chi connectivity index (χ2n) is 13.6. The molecule has 0 amide bonds. The molecule has 0 spiro atoms. The SMILES string of the molecule is CCCCCCCCCCCCCCCN1C=CN(CCCCCCCCC)C1CCCCCCCCCCCC. The number of nitrogens with zero attached hydrogens (tertiary/aromatic N) is 2. The molecule has 1 heterocycles. The van der Waals surface area contributed by atoms with E-state index in [0.717, 1.165) is 0 Å². The minimum absolute atomic E-state index is 0.640. The Morgan fingerprint density at radius 2 is 0.561 bits per heavy atom. The molecule has 0 aromatic heterocycles. The van der Waals surface area contributed by atoms with Crippen molar-refractivity contribution < 1.29 is 0 Å². The summed E-state index contributed by atoms with van der Waals surface area (Å²) in [4.78, 5) is 5.43. The van der Waals surface area contributed by atoms with Crippen LogP contribution in [0.3, 0.4) is 0 Å². The highest BCUT2D eigenvalue weighted by Gasteiger charge is 2.24. The van der Waals surface area contributed by atoms with Crippen LogP contribution in [0.5, 0.6) is 0 Å². The van der Waals surface area contributed by atoms with E-state index in [2.05, 4.69) is 43.0 Å². The molecule has 1 atom stereocenters. The molecule has 1 aliphatic heterocycles. The molecule has 0 aromatic rings. The average molecular weight is 575 g/mol. The maximum Gasteiger partial charge on any atom is 0.101 e. The molecule has 41 heavy (non-hydrogen) atoms. The fourth-order valence-electron chi connectivity index (χ4n) is 6.72. The molecule has 1 unspecified atom stereocenters. The molecule has 2 nitrogen and oxygen atoms in total. The van der Waals surface area contributed by atoms with Crippen molar-refractivity contribution >= 4 is 0 Å². The predicted octanol–water partition coefficient (Wildman–Crippen LogP) is 13.6. The first-order chi connectivity index (χ1) is 20.3. The van der Waals surface area contributed by atoms with Crippen molar-refractivity contribution in [2.45, 2.75) is 226 Å². The Bertz CT molecular complexity index is 530. The first-order valence-electron chi connectivity index (χ1n) is 19.5. The highest BCUT2D eigenvalue weighted by Crippen LogP contribution is 2.24. The van der Waals surface area contributed by atoms with Crippen LogP contribution in [0.4, 0.5) is 0 Å². The summed E-state index contributed by atoms with van der Waals surface area (Å²) < 4.78 is 0. The van der Waals surface area contributed by atoms with Gasteiger partial charge in [-0.3, -0.25) is 0 Å². The molecule has 0 fully saturated rings. The fraction of sp³-hybridized carbons (Fsp3) is 0.949. The third kappa shape index (κ3) is 23.5. The van der Waals surface area contributed by atoms with Crippen LogP contribution in [0.25, 0.3) is 0 Å². The summed E-state index contributed by atoms with van der Waals surface area (Å²) >= 11 is 0. The number of unbranched alkanes of at least 4 members (excludes halogenated alkanes) is 27. The van der Waals surface area contributed by atoms with E-state index >= 15 is 0 Å². The lowest BCUT2D eigenvalue weighted by atomic mass is 10.0. The molecule has 0 N–H and O–H groups in total. The van der Waals surface area contributed by atoms with Gasteiger partial charge in [-0.25, -0.2) is 0 Å². The largest absolute Gasteiger partial charge is 0.356 e. The van der Waals surface area contributed by atoms with E-state index < -0.39 is 0 Å². The van der Waals surface area contributed by atoms with Crippen LogP contribution < -0.4 is 0 Å². The second-order valence-corrected chi connectivity index (χ2v) is 13.6. The van der Waals surface area contributed by atoms with Crippen LogP contribution >= 0.6 is 0 Å². The third-order valence-corrected chi connectivity index (χ3v) is 9.57. The highest BCUT2D eigenvalue weighted by molar-refractivity contribution is 4.97. The summed E-state index contributed by atoms with van der Waals surface area (Å²) in [6, 6.07) is 0. The van der Waals surface area contributed by atoms with E-state index in [1.165, 1.54) is 212 Å². The van der Waals surface area contributed by atoms with E-state index in [4.69, 9.17) is 0 Å². The first kappa shape index (κ1) is 38.4. The monoisotopic (exact) mass is 575 g/mol. The summed E-state index contributed by atoms with van der Waals surface area (Å²) in [5, 5.41) is 0. The summed E-state index contributed by atoms with van der Waals surface area (Å²) in [5.74, 6) is 0. The Kier molecular flexibility index (Phi) is 28.8. The number of hydrogen-bond acceptors (Lipinski definition) is 2. The first-order valence-corrected chi connectivity index (χ1v) is 19.5. The van der Waals surface area contributed by atoms with Crippen LogP contribution in [-0.2, 0) is 0 Å². The van der Waals surface area contributed by atoms with Gasteiger partial charge in [-0.2, -0.15) is 0 Å². The quantitative estimate of drug-likeness (QED) is 0.0719. The zero-order chi connectivity index (χ0) is 29.5. The smallest absolute Gasteiger partial charge is 0.101 e. The average Bonchev–Trinajstić information content (AvgIpc) is 3.37. The topological polar surface area (TPSA) is 6.48 Å². The van der Waals surface area contributed by atoms with E-state index in [1.54, 1.807) is 0 Å². The van der Waals surface area contributed by atoms with Gasteiger partial charge in [-0.15, -0.1) is 0 Å². The van der Waals surface area contributed by atoms with Crippen LogP contribution in [0.15, 0.2) is 12.4 Å². The molecule has 0 radical (unpaired) electrons. The Labute approximate surface area is 260 Å². The molecule has 0 saturated carbocycles. The van der Waals surface area contributed by atoms with Crippen LogP contribution in [0.2, 0.25) is 0 Å². The standard InChI is InChI=1S/C39H78N2/c1-4-7-10-13-16-18-20-21-22-24-27-30-33-36-41-38-37-40(35-32-29-26-15-12-9-6-3)39(41)34-31-28-25-23-19-17-14-11-8-5-2/h37-39H,4-36H2,1-3H3. The maximum absolute atomic E-state index is 2.72. The van der Waals surface area contributed by atoms with Crippen LogP contribution in [0.1, 0.15) is 220 Å². The molecule has 0 saturated heterocycles. The van der Waals surface area contributed by atoms with Crippen molar-refractivity contribution in [3.8, 4) is 0 Å². The van der Waals surface area contributed by atoms with Crippen molar-refractivity contribution in [1.82, 2.24) is 9.80 Å². The van der Waals surface area contributed by atoms with E-state index in [-0.39, 0.29) is 0 Å². The molecule has 0 bridgehead atoms. The fourth-order valence-corrected chi connectivity index (χ4v) is 6.72. The molecule has 0 aliphatic carbocycles. The van der Waals surface area contributed by atoms with E-state index in [9.17, 15) is 0 Å². The van der Waals surface area contributed by atoms with Crippen molar-refractivity contribution in [3.05, 3.63) is 12.4 Å². The molecule has 0 aromatic carbocycles. The number of rotatable bonds is 33. The molecule has 2 heteroatoms. The van der Waals surface area contributed by atoms with Gasteiger partial charge in [0.05, 0.1) is 0 Å². The molecule has 1 aliphatic rings. The molecular weight excluding hydrogens is 496 g/mol. The summed E-state index contributed by atoms with van der Waals surface area (Å²) in [5.41, 5.74) is 0. The Morgan fingerprint density at radius 1 is 0.317 bits per heavy atom. The Balaban J connectivity index is 2.20. The zero-order valence-corrected chi connectivity index (χ0v) is 29.0. The summed E-state index contributed by atoms with van der Waals surface area (Å²) in [6.45, 7) is 9.48. The van der Waals surface area contributed by atoms with E-state index in [0.29, 0.717) is 6.17 Å². The lowest BCUT2D eigenvalue weighted by Crippen LogP contribution is -2.39. The van der Waals surface area contributed by atoms with Gasteiger partial charge in [0.2, 0.25) is 0 Å². The van der Waals surface area contributed by atoms with Gasteiger partial charge in [-0.05, 0) is 25.7 Å². The van der Waals surface area contributed by atoms with Gasteiger partial charge in [0.15, 0.2) is 0 Å². The van der Waals surface area contributed by atoms with Crippen molar-refractivity contribution in [2.24, 2.45) is 0 Å². The van der Waals surface area contributed by atoms with Gasteiger partial charge in [0.1, 0.15) is 6.17 Å². The Hall–Kier alpha value is -0.660. The van der Waals surface area contributed by atoms with E-state index in [1.807, 2.05) is 0 Å². The minimum atomic E-state index is 0.640. The van der Waals surface area contributed by atoms with Gasteiger partial charge in [0.25, 0.3) is 0 Å². The zero-order valence-electron chi connectivity index (χ0n) is 29.0. The van der Waals surface area contributed by atoms with Gasteiger partial charge < -0.3 is 9.80 Å². The summed E-state index contributed by atoms with van der Waals surface area (Å²) in [7, 11) is 0. The van der Waals surface area contributed by atoms with Crippen molar-refractivity contribution in [1.29, 1.82) is 0 Å². The predicted molar refractivity (Wildman–Crippen MR) is 186 cm³/mol. The third-order valence-electron chi connectivity index (χ3n) is 9.57. The van der Waals surface area contributed by atoms with Crippen LogP contribution in [0, 0.1) is 0 Å². The maximum atomic E-state index is 2.72. The molecule has 244 valence electrons. The van der Waals surface area contributed by atoms with Gasteiger partial charge in [0, 0.05) is 25.5 Å².